The van der Waals surface area contributed by atoms with Gasteiger partial charge in [-0.25, -0.2) is 0 Å². The summed E-state index contributed by atoms with van der Waals surface area (Å²) in [5.74, 6) is 2.55. The van der Waals surface area contributed by atoms with Gasteiger partial charge in [0, 0.05) is 6.54 Å². The normalized spacial score (nSPS) is 11.6. The molecule has 1 nitrogen and oxygen atoms in total. The average Bonchev–Trinajstić information content (AvgIpc) is 2.34. The van der Waals surface area contributed by atoms with Gasteiger partial charge < -0.3 is 5.32 Å². The summed E-state index contributed by atoms with van der Waals surface area (Å²) < 4.78 is 0. The van der Waals surface area contributed by atoms with Crippen LogP contribution in [0.1, 0.15) is 19.8 Å². The van der Waals surface area contributed by atoms with Crippen LogP contribution in [0.3, 0.4) is 0 Å². The highest BCUT2D eigenvalue weighted by Crippen LogP contribution is 2.13. The monoisotopic (exact) mass is 227 g/mol. The molecule has 0 rings (SSSR count). The third kappa shape index (κ3) is 7.93. The zero-order chi connectivity index (χ0) is 12.9. The minimum atomic E-state index is 0.838. The number of nitrogens with one attached hydrogen (secondary N) is 1. The molecule has 0 aromatic rings. The fourth-order valence-electron chi connectivity index (χ4n) is 1.19. The lowest BCUT2D eigenvalue weighted by atomic mass is 10.0. The molecule has 0 aromatic carbocycles. The summed E-state index contributed by atoms with van der Waals surface area (Å²) >= 11 is 0. The van der Waals surface area contributed by atoms with Crippen LogP contribution in [0.4, 0.5) is 0 Å². The molecule has 0 radical (unpaired) electrons. The van der Waals surface area contributed by atoms with E-state index in [4.69, 9.17) is 6.42 Å². The molecule has 0 aliphatic rings. The molecule has 0 saturated carbocycles. The van der Waals surface area contributed by atoms with Crippen molar-refractivity contribution in [2.24, 2.45) is 0 Å². The molecule has 0 unspecified atom stereocenters. The van der Waals surface area contributed by atoms with Crippen LogP contribution in [0, 0.1) is 12.3 Å². The Bertz CT molecular complexity index is 361. The highest BCUT2D eigenvalue weighted by Gasteiger charge is 1.97. The van der Waals surface area contributed by atoms with Crippen molar-refractivity contribution in [2.75, 3.05) is 6.54 Å². The fraction of sp³-hybridized carbons (Fsp3) is 0.250. The standard InChI is InChI=1S/C16H21N/c1-5-8-11-16(10-7-3)15(4)12-14-17-13-9-6-2/h3,6,8-11,13,17H,2,4-5,12,14H2,1H3/b11-8-,13-9-,16-10+. The van der Waals surface area contributed by atoms with Crippen molar-refractivity contribution >= 4 is 0 Å². The van der Waals surface area contributed by atoms with E-state index in [2.05, 4.69) is 37.4 Å². The van der Waals surface area contributed by atoms with E-state index in [1.54, 1.807) is 12.2 Å². The first kappa shape index (κ1) is 15.1. The molecule has 0 spiro atoms. The lowest BCUT2D eigenvalue weighted by molar-refractivity contribution is 0.832. The molecule has 17 heavy (non-hydrogen) atoms. The zero-order valence-electron chi connectivity index (χ0n) is 10.6. The highest BCUT2D eigenvalue weighted by atomic mass is 14.8. The lowest BCUT2D eigenvalue weighted by Crippen LogP contribution is -2.07. The lowest BCUT2D eigenvalue weighted by Gasteiger charge is -2.06. The van der Waals surface area contributed by atoms with E-state index in [0.29, 0.717) is 0 Å². The fourth-order valence-corrected chi connectivity index (χ4v) is 1.19. The second-order valence-electron chi connectivity index (χ2n) is 3.48. The number of rotatable bonds is 8. The Balaban J connectivity index is 4.21. The molecule has 90 valence electrons. The molecule has 1 heteroatoms. The Morgan fingerprint density at radius 1 is 1.47 bits per heavy atom. The quantitative estimate of drug-likeness (QED) is 0.378. The maximum Gasteiger partial charge on any atom is 0.0181 e. The average molecular weight is 227 g/mol. The Labute approximate surface area is 105 Å². The molecule has 1 N–H and O–H groups in total. The summed E-state index contributed by atoms with van der Waals surface area (Å²) in [6.07, 6.45) is 18.5. The van der Waals surface area contributed by atoms with Crippen molar-refractivity contribution in [2.45, 2.75) is 19.8 Å². The van der Waals surface area contributed by atoms with Crippen molar-refractivity contribution in [3.05, 3.63) is 60.9 Å². The van der Waals surface area contributed by atoms with Crippen LogP contribution in [-0.2, 0) is 0 Å². The number of terminal acetylenes is 1. The number of allylic oxidation sites excluding steroid dienone is 6. The van der Waals surface area contributed by atoms with E-state index in [9.17, 15) is 0 Å². The predicted octanol–water partition coefficient (Wildman–Crippen LogP) is 3.75. The van der Waals surface area contributed by atoms with Gasteiger partial charge in [-0.2, -0.15) is 0 Å². The minimum absolute atomic E-state index is 0.838. The predicted molar refractivity (Wildman–Crippen MR) is 77.4 cm³/mol. The van der Waals surface area contributed by atoms with Crippen molar-refractivity contribution < 1.29 is 0 Å². The maximum atomic E-state index is 5.29. The second kappa shape index (κ2) is 10.6. The van der Waals surface area contributed by atoms with Gasteiger partial charge in [0.05, 0.1) is 0 Å². The molecule has 0 heterocycles. The van der Waals surface area contributed by atoms with Gasteiger partial charge in [0.15, 0.2) is 0 Å². The molecule has 0 saturated heterocycles. The molecule has 0 aliphatic carbocycles. The molecular weight excluding hydrogens is 206 g/mol. The molecular formula is C16H21N. The Hall–Kier alpha value is -1.94. The van der Waals surface area contributed by atoms with Crippen LogP contribution in [0.5, 0.6) is 0 Å². The first-order chi connectivity index (χ1) is 8.26. The van der Waals surface area contributed by atoms with E-state index < -0.39 is 0 Å². The molecule has 0 amide bonds. The Morgan fingerprint density at radius 3 is 2.82 bits per heavy atom. The van der Waals surface area contributed by atoms with Crippen LogP contribution >= 0.6 is 0 Å². The Morgan fingerprint density at radius 2 is 2.24 bits per heavy atom. The summed E-state index contributed by atoms with van der Waals surface area (Å²) in [5, 5.41) is 3.15. The smallest absolute Gasteiger partial charge is 0.0181 e. The van der Waals surface area contributed by atoms with Gasteiger partial charge in [0.25, 0.3) is 0 Å². The van der Waals surface area contributed by atoms with Crippen LogP contribution in [0.25, 0.3) is 0 Å². The summed E-state index contributed by atoms with van der Waals surface area (Å²) in [6, 6.07) is 0. The van der Waals surface area contributed by atoms with Crippen LogP contribution in [0.15, 0.2) is 60.9 Å². The summed E-state index contributed by atoms with van der Waals surface area (Å²) in [4.78, 5) is 0. The van der Waals surface area contributed by atoms with Gasteiger partial charge in [-0.3, -0.25) is 0 Å². The largest absolute Gasteiger partial charge is 0.391 e. The van der Waals surface area contributed by atoms with E-state index in [0.717, 1.165) is 30.5 Å². The van der Waals surface area contributed by atoms with Crippen molar-refractivity contribution in [1.82, 2.24) is 5.32 Å². The maximum absolute atomic E-state index is 5.29. The van der Waals surface area contributed by atoms with Crippen molar-refractivity contribution in [3.8, 4) is 12.3 Å². The van der Waals surface area contributed by atoms with Gasteiger partial charge in [0.2, 0.25) is 0 Å². The van der Waals surface area contributed by atoms with Crippen molar-refractivity contribution in [3.63, 3.8) is 0 Å². The zero-order valence-corrected chi connectivity index (χ0v) is 10.6. The topological polar surface area (TPSA) is 12.0 Å². The molecule has 0 aromatic heterocycles. The molecule has 0 atom stereocenters. The first-order valence-corrected chi connectivity index (χ1v) is 5.78. The van der Waals surface area contributed by atoms with E-state index in [1.165, 1.54) is 0 Å². The molecule has 0 aliphatic heterocycles. The number of hydrogen-bond donors (Lipinski definition) is 1. The third-order valence-electron chi connectivity index (χ3n) is 2.10. The SMILES string of the molecule is C#C/C=C(\C=C/CC)C(=C)CCN/C=C\C=C. The van der Waals surface area contributed by atoms with Gasteiger partial charge in [-0.15, -0.1) is 6.42 Å². The summed E-state index contributed by atoms with van der Waals surface area (Å²) in [5.41, 5.74) is 2.08. The van der Waals surface area contributed by atoms with Crippen LogP contribution in [-0.4, -0.2) is 6.54 Å². The molecule has 0 fully saturated rings. The summed E-state index contributed by atoms with van der Waals surface area (Å²) in [6.45, 7) is 10.6. The van der Waals surface area contributed by atoms with Gasteiger partial charge in [-0.1, -0.05) is 44.2 Å². The van der Waals surface area contributed by atoms with Gasteiger partial charge in [-0.05, 0) is 42.3 Å². The van der Waals surface area contributed by atoms with Crippen LogP contribution in [0.2, 0.25) is 0 Å². The third-order valence-corrected chi connectivity index (χ3v) is 2.10. The van der Waals surface area contributed by atoms with Crippen molar-refractivity contribution in [1.29, 1.82) is 0 Å². The molecule has 0 bridgehead atoms. The highest BCUT2D eigenvalue weighted by molar-refractivity contribution is 5.42. The van der Waals surface area contributed by atoms with E-state index in [-0.39, 0.29) is 0 Å². The van der Waals surface area contributed by atoms with Crippen LogP contribution < -0.4 is 5.32 Å². The second-order valence-corrected chi connectivity index (χ2v) is 3.48. The first-order valence-electron chi connectivity index (χ1n) is 5.78. The van der Waals surface area contributed by atoms with E-state index >= 15 is 0 Å². The Kier molecular flexibility index (Phi) is 9.37. The summed E-state index contributed by atoms with van der Waals surface area (Å²) in [7, 11) is 0. The number of hydrogen-bond acceptors (Lipinski definition) is 1. The minimum Gasteiger partial charge on any atom is -0.391 e. The van der Waals surface area contributed by atoms with E-state index in [1.807, 2.05) is 18.4 Å². The van der Waals surface area contributed by atoms with Gasteiger partial charge >= 0.3 is 0 Å². The van der Waals surface area contributed by atoms with Gasteiger partial charge in [0.1, 0.15) is 0 Å².